The molecule has 1 aromatic heterocycles. The predicted octanol–water partition coefficient (Wildman–Crippen LogP) is 3.46. The number of anilines is 1. The smallest absolute Gasteiger partial charge is 0.137 e. The largest absolute Gasteiger partial charge is 0.383 e. The van der Waals surface area contributed by atoms with Gasteiger partial charge in [-0.05, 0) is 51.7 Å². The lowest BCUT2D eigenvalue weighted by Crippen LogP contribution is -1.99. The quantitative estimate of drug-likeness (QED) is 0.921. The Morgan fingerprint density at radius 1 is 1.35 bits per heavy atom. The monoisotopic (exact) mass is 294 g/mol. The molecule has 0 aliphatic heterocycles. The fraction of sp³-hybridized carbons (Fsp3) is 0.154. The van der Waals surface area contributed by atoms with Crippen LogP contribution in [0, 0.1) is 12.7 Å². The maximum atomic E-state index is 13.1. The molecule has 0 amide bonds. The lowest BCUT2D eigenvalue weighted by molar-refractivity contribution is 0.620. The minimum Gasteiger partial charge on any atom is -0.383 e. The molecule has 2 aromatic rings. The maximum Gasteiger partial charge on any atom is 0.137 e. The lowest BCUT2D eigenvalue weighted by atomic mass is 10.0. The van der Waals surface area contributed by atoms with Crippen LogP contribution in [0.15, 0.2) is 34.9 Å². The van der Waals surface area contributed by atoms with Crippen molar-refractivity contribution in [2.24, 2.45) is 0 Å². The number of nitrogen functional groups attached to an aromatic ring is 1. The molecular formula is C13H12BrFN2. The second-order valence-corrected chi connectivity index (χ2v) is 4.84. The third kappa shape index (κ3) is 2.82. The zero-order valence-corrected chi connectivity index (χ0v) is 11.0. The number of aryl methyl sites for hydroxylation is 1. The molecule has 0 spiro atoms. The molecule has 0 saturated heterocycles. The lowest BCUT2D eigenvalue weighted by Gasteiger charge is -2.07. The molecule has 1 aromatic carbocycles. The average Bonchev–Trinajstić information content (AvgIpc) is 2.29. The van der Waals surface area contributed by atoms with Crippen LogP contribution in [-0.2, 0) is 6.42 Å². The molecule has 2 N–H and O–H groups in total. The van der Waals surface area contributed by atoms with Crippen LogP contribution >= 0.6 is 15.9 Å². The summed E-state index contributed by atoms with van der Waals surface area (Å²) in [7, 11) is 0. The molecule has 0 radical (unpaired) electrons. The van der Waals surface area contributed by atoms with Crippen molar-refractivity contribution >= 4 is 21.7 Å². The molecule has 4 heteroatoms. The standard InChI is InChI=1S/C13H12BrFN2/c1-8-4-10(13(16)17-7-8)5-9-2-3-12(15)11(14)6-9/h2-4,6-7H,5H2,1H3,(H2,16,17). The van der Waals surface area contributed by atoms with Crippen LogP contribution in [0.4, 0.5) is 10.2 Å². The molecule has 0 aliphatic rings. The molecule has 0 fully saturated rings. The van der Waals surface area contributed by atoms with Gasteiger partial charge in [-0.1, -0.05) is 12.1 Å². The molecule has 2 nitrogen and oxygen atoms in total. The van der Waals surface area contributed by atoms with E-state index in [2.05, 4.69) is 20.9 Å². The van der Waals surface area contributed by atoms with Crippen molar-refractivity contribution in [3.63, 3.8) is 0 Å². The topological polar surface area (TPSA) is 38.9 Å². The highest BCUT2D eigenvalue weighted by atomic mass is 79.9. The number of hydrogen-bond donors (Lipinski definition) is 1. The molecule has 0 bridgehead atoms. The molecule has 2 rings (SSSR count). The summed E-state index contributed by atoms with van der Waals surface area (Å²) in [6.07, 6.45) is 2.39. The number of nitrogens with two attached hydrogens (primary N) is 1. The fourth-order valence-corrected chi connectivity index (χ4v) is 2.08. The number of pyridine rings is 1. The first kappa shape index (κ1) is 12.0. The van der Waals surface area contributed by atoms with E-state index in [1.165, 1.54) is 6.07 Å². The van der Waals surface area contributed by atoms with Crippen LogP contribution < -0.4 is 5.73 Å². The maximum absolute atomic E-state index is 13.1. The van der Waals surface area contributed by atoms with E-state index in [9.17, 15) is 4.39 Å². The second-order valence-electron chi connectivity index (χ2n) is 3.98. The van der Waals surface area contributed by atoms with Gasteiger partial charge in [0.25, 0.3) is 0 Å². The molecule has 0 atom stereocenters. The molecule has 88 valence electrons. The number of hydrogen-bond acceptors (Lipinski definition) is 2. The highest BCUT2D eigenvalue weighted by molar-refractivity contribution is 9.10. The third-order valence-corrected chi connectivity index (χ3v) is 3.12. The van der Waals surface area contributed by atoms with Crippen LogP contribution in [0.25, 0.3) is 0 Å². The summed E-state index contributed by atoms with van der Waals surface area (Å²) in [5.41, 5.74) is 8.83. The van der Waals surface area contributed by atoms with Gasteiger partial charge in [0.15, 0.2) is 0 Å². The van der Waals surface area contributed by atoms with Crippen molar-refractivity contribution in [2.75, 3.05) is 5.73 Å². The summed E-state index contributed by atoms with van der Waals surface area (Å²) in [4.78, 5) is 4.11. The number of aromatic nitrogens is 1. The number of benzene rings is 1. The summed E-state index contributed by atoms with van der Waals surface area (Å²) in [5.74, 6) is 0.264. The Labute approximate surface area is 108 Å². The number of rotatable bonds is 2. The first-order chi connectivity index (χ1) is 8.06. The van der Waals surface area contributed by atoms with E-state index in [1.54, 1.807) is 18.3 Å². The Morgan fingerprint density at radius 3 is 2.82 bits per heavy atom. The second kappa shape index (κ2) is 4.84. The first-order valence-corrected chi connectivity index (χ1v) is 6.00. The van der Waals surface area contributed by atoms with E-state index in [-0.39, 0.29) is 5.82 Å². The van der Waals surface area contributed by atoms with Gasteiger partial charge < -0.3 is 5.73 Å². The summed E-state index contributed by atoms with van der Waals surface area (Å²) in [5, 5.41) is 0. The molecule has 1 heterocycles. The van der Waals surface area contributed by atoms with Gasteiger partial charge in [0.1, 0.15) is 11.6 Å². The van der Waals surface area contributed by atoms with E-state index >= 15 is 0 Å². The molecule has 0 unspecified atom stereocenters. The molecule has 17 heavy (non-hydrogen) atoms. The van der Waals surface area contributed by atoms with Gasteiger partial charge in [-0.2, -0.15) is 0 Å². The minimum absolute atomic E-state index is 0.260. The van der Waals surface area contributed by atoms with E-state index < -0.39 is 0 Å². The average molecular weight is 295 g/mol. The van der Waals surface area contributed by atoms with E-state index in [0.717, 1.165) is 16.7 Å². The first-order valence-electron chi connectivity index (χ1n) is 5.21. The predicted molar refractivity (Wildman–Crippen MR) is 70.3 cm³/mol. The summed E-state index contributed by atoms with van der Waals surface area (Å²) >= 11 is 3.17. The fourth-order valence-electron chi connectivity index (χ4n) is 1.65. The summed E-state index contributed by atoms with van der Waals surface area (Å²) in [6, 6.07) is 6.96. The van der Waals surface area contributed by atoms with Crippen molar-refractivity contribution in [1.82, 2.24) is 4.98 Å². The highest BCUT2D eigenvalue weighted by Crippen LogP contribution is 2.21. The van der Waals surface area contributed by atoms with Gasteiger partial charge in [0, 0.05) is 12.6 Å². The Kier molecular flexibility index (Phi) is 3.43. The Balaban J connectivity index is 2.31. The van der Waals surface area contributed by atoms with Crippen molar-refractivity contribution in [1.29, 1.82) is 0 Å². The van der Waals surface area contributed by atoms with Gasteiger partial charge in [0.2, 0.25) is 0 Å². The molecular weight excluding hydrogens is 283 g/mol. The minimum atomic E-state index is -0.260. The van der Waals surface area contributed by atoms with Crippen LogP contribution in [0.5, 0.6) is 0 Å². The zero-order valence-electron chi connectivity index (χ0n) is 9.37. The zero-order chi connectivity index (χ0) is 12.4. The van der Waals surface area contributed by atoms with Crippen LogP contribution in [-0.4, -0.2) is 4.98 Å². The Morgan fingerprint density at radius 2 is 2.12 bits per heavy atom. The van der Waals surface area contributed by atoms with Crippen LogP contribution in [0.1, 0.15) is 16.7 Å². The van der Waals surface area contributed by atoms with Crippen molar-refractivity contribution in [3.05, 3.63) is 57.4 Å². The van der Waals surface area contributed by atoms with Gasteiger partial charge in [-0.15, -0.1) is 0 Å². The van der Waals surface area contributed by atoms with Gasteiger partial charge in [-0.3, -0.25) is 0 Å². The van der Waals surface area contributed by atoms with Crippen LogP contribution in [0.3, 0.4) is 0 Å². The van der Waals surface area contributed by atoms with E-state index in [0.29, 0.717) is 16.7 Å². The van der Waals surface area contributed by atoms with Crippen molar-refractivity contribution in [2.45, 2.75) is 13.3 Å². The molecule has 0 saturated carbocycles. The number of halogens is 2. The van der Waals surface area contributed by atoms with Crippen molar-refractivity contribution < 1.29 is 4.39 Å². The Hall–Kier alpha value is -1.42. The highest BCUT2D eigenvalue weighted by Gasteiger charge is 2.05. The van der Waals surface area contributed by atoms with Crippen LogP contribution in [0.2, 0.25) is 0 Å². The SMILES string of the molecule is Cc1cnc(N)c(Cc2ccc(F)c(Br)c2)c1. The summed E-state index contributed by atoms with van der Waals surface area (Å²) < 4.78 is 13.6. The third-order valence-electron chi connectivity index (χ3n) is 2.52. The Bertz CT molecular complexity index is 555. The normalized spacial score (nSPS) is 10.5. The molecule has 0 aliphatic carbocycles. The van der Waals surface area contributed by atoms with Gasteiger partial charge in [-0.25, -0.2) is 9.37 Å². The van der Waals surface area contributed by atoms with Crippen molar-refractivity contribution in [3.8, 4) is 0 Å². The van der Waals surface area contributed by atoms with Gasteiger partial charge in [0.05, 0.1) is 4.47 Å². The number of nitrogens with zero attached hydrogens (tertiary/aromatic N) is 1. The van der Waals surface area contributed by atoms with E-state index in [1.807, 2.05) is 13.0 Å². The van der Waals surface area contributed by atoms with Gasteiger partial charge >= 0.3 is 0 Å². The summed E-state index contributed by atoms with van der Waals surface area (Å²) in [6.45, 7) is 1.97. The van der Waals surface area contributed by atoms with E-state index in [4.69, 9.17) is 5.73 Å².